The van der Waals surface area contributed by atoms with Gasteiger partial charge in [-0.3, -0.25) is 9.59 Å². The molecule has 1 amide bonds. The van der Waals surface area contributed by atoms with Gasteiger partial charge < -0.3 is 24.2 Å². The van der Waals surface area contributed by atoms with E-state index in [1.807, 2.05) is 13.8 Å². The quantitative estimate of drug-likeness (QED) is 0.363. The predicted octanol–water partition coefficient (Wildman–Crippen LogP) is 3.86. The lowest BCUT2D eigenvalue weighted by Gasteiger charge is -2.25. The second-order valence-electron chi connectivity index (χ2n) is 7.59. The molecule has 0 aromatic heterocycles. The highest BCUT2D eigenvalue weighted by molar-refractivity contribution is 6.46. The Kier molecular flexibility index (Phi) is 7.53. The van der Waals surface area contributed by atoms with Crippen molar-refractivity contribution in [3.63, 3.8) is 0 Å². The number of carbonyl (C=O) groups is 2. The van der Waals surface area contributed by atoms with Gasteiger partial charge >= 0.3 is 0 Å². The highest BCUT2D eigenvalue weighted by atomic mass is 16.5. The zero-order valence-corrected chi connectivity index (χ0v) is 18.9. The number of carbonyl (C=O) groups excluding carboxylic acids is 2. The van der Waals surface area contributed by atoms with Crippen molar-refractivity contribution < 1.29 is 28.9 Å². The van der Waals surface area contributed by atoms with E-state index in [0.29, 0.717) is 29.2 Å². The van der Waals surface area contributed by atoms with Crippen molar-refractivity contribution in [2.24, 2.45) is 0 Å². The molecule has 1 atom stereocenters. The molecule has 170 valence electrons. The molecule has 0 spiro atoms. The Balaban J connectivity index is 2.11. The number of likely N-dealkylation sites (tertiary alicyclic amines) is 1. The molecule has 0 aliphatic carbocycles. The number of rotatable bonds is 9. The largest absolute Gasteiger partial charge is 0.507 e. The van der Waals surface area contributed by atoms with Gasteiger partial charge in [0.2, 0.25) is 0 Å². The Morgan fingerprint density at radius 3 is 2.53 bits per heavy atom. The van der Waals surface area contributed by atoms with Gasteiger partial charge in [-0.2, -0.15) is 0 Å². The number of aliphatic hydroxyl groups is 1. The van der Waals surface area contributed by atoms with Gasteiger partial charge in [-0.15, -0.1) is 0 Å². The number of aryl methyl sites for hydroxylation is 1. The van der Waals surface area contributed by atoms with Crippen LogP contribution in [-0.4, -0.2) is 55.7 Å². The summed E-state index contributed by atoms with van der Waals surface area (Å²) in [7, 11) is 3.08. The minimum Gasteiger partial charge on any atom is -0.507 e. The molecule has 1 heterocycles. The van der Waals surface area contributed by atoms with Gasteiger partial charge in [0, 0.05) is 19.2 Å². The van der Waals surface area contributed by atoms with Crippen LogP contribution >= 0.6 is 0 Å². The van der Waals surface area contributed by atoms with Crippen LogP contribution in [0.1, 0.15) is 36.1 Å². The summed E-state index contributed by atoms with van der Waals surface area (Å²) in [5, 5.41) is 11.2. The number of ketones is 1. The zero-order valence-electron chi connectivity index (χ0n) is 18.9. The lowest BCUT2D eigenvalue weighted by molar-refractivity contribution is -0.140. The summed E-state index contributed by atoms with van der Waals surface area (Å²) >= 11 is 0. The lowest BCUT2D eigenvalue weighted by Crippen LogP contribution is -2.32. The summed E-state index contributed by atoms with van der Waals surface area (Å²) in [6, 6.07) is 11.6. The molecule has 32 heavy (non-hydrogen) atoms. The normalized spacial score (nSPS) is 17.6. The maximum absolute atomic E-state index is 13.0. The second-order valence-corrected chi connectivity index (χ2v) is 7.59. The maximum Gasteiger partial charge on any atom is 0.295 e. The van der Waals surface area contributed by atoms with E-state index in [2.05, 4.69) is 0 Å². The van der Waals surface area contributed by atoms with Crippen molar-refractivity contribution >= 4 is 17.4 Å². The van der Waals surface area contributed by atoms with E-state index in [1.54, 1.807) is 49.6 Å². The molecule has 7 nitrogen and oxygen atoms in total. The van der Waals surface area contributed by atoms with Crippen molar-refractivity contribution in [3.05, 3.63) is 64.7 Å². The topological polar surface area (TPSA) is 85.3 Å². The molecule has 0 bridgehead atoms. The molecule has 0 radical (unpaired) electrons. The average molecular weight is 440 g/mol. The smallest absolute Gasteiger partial charge is 0.295 e. The summed E-state index contributed by atoms with van der Waals surface area (Å²) in [6.45, 7) is 4.96. The van der Waals surface area contributed by atoms with Crippen molar-refractivity contribution in [2.45, 2.75) is 26.3 Å². The number of nitrogens with zero attached hydrogens (tertiary/aromatic N) is 1. The van der Waals surface area contributed by atoms with Crippen LogP contribution in [0.15, 0.2) is 48.0 Å². The monoisotopic (exact) mass is 439 g/mol. The van der Waals surface area contributed by atoms with Gasteiger partial charge in [-0.05, 0) is 54.8 Å². The van der Waals surface area contributed by atoms with Crippen LogP contribution in [0.3, 0.4) is 0 Å². The molecule has 1 aliphatic heterocycles. The van der Waals surface area contributed by atoms with E-state index in [4.69, 9.17) is 14.2 Å². The van der Waals surface area contributed by atoms with E-state index in [1.165, 1.54) is 12.0 Å². The Hall–Kier alpha value is -3.32. The van der Waals surface area contributed by atoms with Crippen LogP contribution in [0, 0.1) is 6.92 Å². The predicted molar refractivity (Wildman–Crippen MR) is 121 cm³/mol. The number of amides is 1. The van der Waals surface area contributed by atoms with Crippen LogP contribution in [0.4, 0.5) is 0 Å². The number of hydrogen-bond donors (Lipinski definition) is 1. The van der Waals surface area contributed by atoms with Crippen LogP contribution in [0.2, 0.25) is 0 Å². The van der Waals surface area contributed by atoms with Gasteiger partial charge in [0.25, 0.3) is 11.7 Å². The third-order valence-electron chi connectivity index (χ3n) is 5.40. The first-order chi connectivity index (χ1) is 15.4. The molecule has 1 saturated heterocycles. The molecule has 1 N–H and O–H groups in total. The number of aliphatic hydroxyl groups excluding tert-OH is 1. The minimum absolute atomic E-state index is 0.0426. The Labute approximate surface area is 188 Å². The zero-order chi connectivity index (χ0) is 23.3. The van der Waals surface area contributed by atoms with Gasteiger partial charge in [0.15, 0.2) is 0 Å². The standard InChI is InChI=1S/C25H29NO6/c1-5-12-32-20-10-9-18(14-16(20)2)23(27)21-22(17-7-6-8-19(15-17)31-4)26(11-13-30-3)25(29)24(21)28/h6-10,14-15,22,27H,5,11-13H2,1-4H3/b23-21-. The van der Waals surface area contributed by atoms with Gasteiger partial charge in [0.05, 0.1) is 31.9 Å². The summed E-state index contributed by atoms with van der Waals surface area (Å²) < 4.78 is 16.2. The van der Waals surface area contributed by atoms with Crippen molar-refractivity contribution in [1.29, 1.82) is 0 Å². The highest BCUT2D eigenvalue weighted by Crippen LogP contribution is 2.40. The highest BCUT2D eigenvalue weighted by Gasteiger charge is 2.46. The molecule has 1 fully saturated rings. The molecule has 0 saturated carbocycles. The van der Waals surface area contributed by atoms with Gasteiger partial charge in [-0.1, -0.05) is 19.1 Å². The SMILES string of the molecule is CCCOc1ccc(/C(O)=C2/C(=O)C(=O)N(CCOC)C2c2cccc(OC)c2)cc1C. The Bertz CT molecular complexity index is 1030. The number of Topliss-reactive ketones (excluding diaryl/α,β-unsaturated/α-hetero) is 1. The van der Waals surface area contributed by atoms with E-state index < -0.39 is 17.7 Å². The van der Waals surface area contributed by atoms with E-state index >= 15 is 0 Å². The lowest BCUT2D eigenvalue weighted by atomic mass is 9.94. The maximum atomic E-state index is 13.0. The number of ether oxygens (including phenoxy) is 3. The van der Waals surface area contributed by atoms with Crippen molar-refractivity contribution in [3.8, 4) is 11.5 Å². The first kappa shape index (κ1) is 23.3. The van der Waals surface area contributed by atoms with E-state index in [0.717, 1.165) is 12.0 Å². The van der Waals surface area contributed by atoms with Crippen LogP contribution in [-0.2, 0) is 14.3 Å². The third-order valence-corrected chi connectivity index (χ3v) is 5.40. The molecule has 1 unspecified atom stereocenters. The fourth-order valence-corrected chi connectivity index (χ4v) is 3.78. The summed E-state index contributed by atoms with van der Waals surface area (Å²) in [4.78, 5) is 27.3. The fourth-order valence-electron chi connectivity index (χ4n) is 3.78. The van der Waals surface area contributed by atoms with Crippen LogP contribution < -0.4 is 9.47 Å². The summed E-state index contributed by atoms with van der Waals surface area (Å²) in [5.74, 6) is -0.311. The van der Waals surface area contributed by atoms with Gasteiger partial charge in [0.1, 0.15) is 17.3 Å². The Morgan fingerprint density at radius 1 is 1.09 bits per heavy atom. The molecule has 2 aromatic rings. The van der Waals surface area contributed by atoms with E-state index in [-0.39, 0.29) is 24.5 Å². The summed E-state index contributed by atoms with van der Waals surface area (Å²) in [5.41, 5.74) is 1.99. The fraction of sp³-hybridized carbons (Fsp3) is 0.360. The third kappa shape index (κ3) is 4.62. The molecular weight excluding hydrogens is 410 g/mol. The minimum atomic E-state index is -0.753. The number of benzene rings is 2. The Morgan fingerprint density at radius 2 is 1.88 bits per heavy atom. The second kappa shape index (κ2) is 10.3. The first-order valence-electron chi connectivity index (χ1n) is 10.6. The average Bonchev–Trinajstić information content (AvgIpc) is 3.06. The molecule has 7 heteroatoms. The van der Waals surface area contributed by atoms with Crippen LogP contribution in [0.25, 0.3) is 5.76 Å². The van der Waals surface area contributed by atoms with Crippen molar-refractivity contribution in [2.75, 3.05) is 34.0 Å². The number of methoxy groups -OCH3 is 2. The van der Waals surface area contributed by atoms with Crippen molar-refractivity contribution in [1.82, 2.24) is 4.90 Å². The summed E-state index contributed by atoms with van der Waals surface area (Å²) in [6.07, 6.45) is 0.882. The van der Waals surface area contributed by atoms with Crippen LogP contribution in [0.5, 0.6) is 11.5 Å². The molecule has 2 aromatic carbocycles. The first-order valence-corrected chi connectivity index (χ1v) is 10.6. The number of hydrogen-bond acceptors (Lipinski definition) is 6. The molecule has 3 rings (SSSR count). The van der Waals surface area contributed by atoms with E-state index in [9.17, 15) is 14.7 Å². The molecular formula is C25H29NO6. The van der Waals surface area contributed by atoms with Gasteiger partial charge in [-0.25, -0.2) is 0 Å². The molecule has 1 aliphatic rings.